The Hall–Kier alpha value is -2.73. The molecule has 1 atom stereocenters. The summed E-state index contributed by atoms with van der Waals surface area (Å²) in [5.74, 6) is 0.0908. The van der Waals surface area contributed by atoms with Gasteiger partial charge in [0.05, 0.1) is 11.7 Å². The molecule has 1 aliphatic rings. The minimum atomic E-state index is -0.342. The molecule has 1 amide bonds. The van der Waals surface area contributed by atoms with Crippen LogP contribution >= 0.6 is 11.3 Å². The van der Waals surface area contributed by atoms with Gasteiger partial charge in [0, 0.05) is 16.3 Å². The summed E-state index contributed by atoms with van der Waals surface area (Å²) in [6.07, 6.45) is 6.50. The number of aromatic nitrogens is 1. The first-order valence-electron chi connectivity index (χ1n) is 10.4. The minimum Gasteiger partial charge on any atom is -0.459 e. The molecule has 4 rings (SSSR count). The molecule has 2 heterocycles. The maximum atomic E-state index is 12.8. The molecule has 0 aliphatic heterocycles. The zero-order valence-corrected chi connectivity index (χ0v) is 18.4. The fourth-order valence-electron chi connectivity index (χ4n) is 3.94. The number of esters is 1. The Labute approximate surface area is 180 Å². The van der Waals surface area contributed by atoms with Gasteiger partial charge in [0.15, 0.2) is 12.4 Å². The lowest BCUT2D eigenvalue weighted by molar-refractivity contribution is -0.682. The molecule has 1 aromatic carbocycles. The van der Waals surface area contributed by atoms with E-state index in [9.17, 15) is 9.59 Å². The highest BCUT2D eigenvalue weighted by atomic mass is 32.1. The van der Waals surface area contributed by atoms with Crippen LogP contribution < -0.4 is 9.88 Å². The number of hydrogen-bond donors (Lipinski definition) is 1. The van der Waals surface area contributed by atoms with Crippen molar-refractivity contribution in [3.8, 4) is 0 Å². The standard InChI is InChI=1S/C24H26N2O3S/c1-15(2)29-24(28)22-19-9-8-16(3)12-20(19)30-23(22)25-21(27)14-26-11-10-17-6-4-5-7-18(17)13-26/h4-7,10-11,13,15-16H,8-9,12,14H2,1-3H3/p+1/t16-/m1/s1. The van der Waals surface area contributed by atoms with Crippen LogP contribution in [0.5, 0.6) is 0 Å². The summed E-state index contributed by atoms with van der Waals surface area (Å²) < 4.78 is 7.35. The zero-order valence-electron chi connectivity index (χ0n) is 17.6. The van der Waals surface area contributed by atoms with E-state index < -0.39 is 0 Å². The third-order valence-electron chi connectivity index (χ3n) is 5.38. The molecule has 0 spiro atoms. The van der Waals surface area contributed by atoms with Crippen LogP contribution in [-0.2, 0) is 28.9 Å². The summed E-state index contributed by atoms with van der Waals surface area (Å²) in [4.78, 5) is 26.8. The maximum Gasteiger partial charge on any atom is 0.341 e. The number of carbonyl (C=O) groups excluding carboxylic acids is 2. The van der Waals surface area contributed by atoms with Crippen molar-refractivity contribution in [2.75, 3.05) is 5.32 Å². The molecule has 0 fully saturated rings. The fraction of sp³-hybridized carbons (Fsp3) is 0.375. The molecular formula is C24H27N2O3S+. The first-order chi connectivity index (χ1) is 14.4. The van der Waals surface area contributed by atoms with Crippen LogP contribution in [0.1, 0.15) is 48.0 Å². The van der Waals surface area contributed by atoms with Gasteiger partial charge in [-0.2, -0.15) is 4.57 Å². The molecule has 0 unspecified atom stereocenters. The predicted octanol–water partition coefficient (Wildman–Crippen LogP) is 4.52. The van der Waals surface area contributed by atoms with Crippen molar-refractivity contribution in [3.63, 3.8) is 0 Å². The molecule has 1 aliphatic carbocycles. The monoisotopic (exact) mass is 423 g/mol. The average Bonchev–Trinajstić information content (AvgIpc) is 3.04. The highest BCUT2D eigenvalue weighted by Gasteiger charge is 2.30. The van der Waals surface area contributed by atoms with Gasteiger partial charge in [0.1, 0.15) is 5.00 Å². The van der Waals surface area contributed by atoms with Crippen molar-refractivity contribution in [2.24, 2.45) is 5.92 Å². The maximum absolute atomic E-state index is 12.8. The Morgan fingerprint density at radius 1 is 1.23 bits per heavy atom. The lowest BCUT2D eigenvalue weighted by Crippen LogP contribution is -2.39. The zero-order chi connectivity index (χ0) is 21.3. The molecule has 3 aromatic rings. The number of amides is 1. The highest BCUT2D eigenvalue weighted by molar-refractivity contribution is 7.17. The molecule has 0 saturated carbocycles. The van der Waals surface area contributed by atoms with E-state index in [4.69, 9.17) is 4.74 Å². The summed E-state index contributed by atoms with van der Waals surface area (Å²) in [5.41, 5.74) is 1.60. The van der Waals surface area contributed by atoms with Gasteiger partial charge >= 0.3 is 5.97 Å². The van der Waals surface area contributed by atoms with Crippen LogP contribution in [0.15, 0.2) is 42.7 Å². The number of benzene rings is 1. The molecule has 0 bridgehead atoms. The van der Waals surface area contributed by atoms with Gasteiger partial charge < -0.3 is 10.1 Å². The lowest BCUT2D eigenvalue weighted by atomic mass is 9.88. The third kappa shape index (κ3) is 4.38. The van der Waals surface area contributed by atoms with E-state index in [0.717, 1.165) is 35.6 Å². The van der Waals surface area contributed by atoms with Gasteiger partial charge in [0.25, 0.3) is 5.91 Å². The first-order valence-corrected chi connectivity index (χ1v) is 11.3. The highest BCUT2D eigenvalue weighted by Crippen LogP contribution is 2.40. The normalized spacial score (nSPS) is 15.8. The van der Waals surface area contributed by atoms with E-state index >= 15 is 0 Å². The molecular weight excluding hydrogens is 396 g/mol. The summed E-state index contributed by atoms with van der Waals surface area (Å²) in [6.45, 7) is 6.09. The molecule has 1 N–H and O–H groups in total. The number of hydrogen-bond acceptors (Lipinski definition) is 4. The predicted molar refractivity (Wildman–Crippen MR) is 119 cm³/mol. The van der Waals surface area contributed by atoms with Crippen molar-refractivity contribution < 1.29 is 18.9 Å². The number of carbonyl (C=O) groups is 2. The van der Waals surface area contributed by atoms with Crippen LogP contribution in [0.2, 0.25) is 0 Å². The third-order valence-corrected chi connectivity index (χ3v) is 6.55. The van der Waals surface area contributed by atoms with Crippen molar-refractivity contribution in [2.45, 2.75) is 52.7 Å². The quantitative estimate of drug-likeness (QED) is 0.485. The Morgan fingerprint density at radius 3 is 2.77 bits per heavy atom. The Bertz CT molecular complexity index is 1100. The smallest absolute Gasteiger partial charge is 0.341 e. The van der Waals surface area contributed by atoms with Gasteiger partial charge in [0.2, 0.25) is 6.54 Å². The van der Waals surface area contributed by atoms with E-state index in [1.165, 1.54) is 16.2 Å². The topological polar surface area (TPSA) is 59.3 Å². The number of nitrogens with zero attached hydrogens (tertiary/aromatic N) is 1. The Balaban J connectivity index is 1.57. The van der Waals surface area contributed by atoms with Gasteiger partial charge in [-0.05, 0) is 56.0 Å². The van der Waals surface area contributed by atoms with Gasteiger partial charge in [-0.1, -0.05) is 25.1 Å². The second-order valence-corrected chi connectivity index (χ2v) is 9.41. The first kappa shape index (κ1) is 20.5. The molecule has 5 nitrogen and oxygen atoms in total. The van der Waals surface area contributed by atoms with Gasteiger partial charge in [-0.15, -0.1) is 11.3 Å². The van der Waals surface area contributed by atoms with Crippen LogP contribution in [-0.4, -0.2) is 18.0 Å². The van der Waals surface area contributed by atoms with Crippen molar-refractivity contribution >= 4 is 39.0 Å². The Morgan fingerprint density at radius 2 is 2.00 bits per heavy atom. The molecule has 6 heteroatoms. The average molecular weight is 424 g/mol. The van der Waals surface area contributed by atoms with Crippen molar-refractivity contribution in [3.05, 3.63) is 58.7 Å². The van der Waals surface area contributed by atoms with Crippen LogP contribution in [0.3, 0.4) is 0 Å². The molecule has 156 valence electrons. The van der Waals surface area contributed by atoms with Crippen LogP contribution in [0.4, 0.5) is 5.00 Å². The van der Waals surface area contributed by atoms with Crippen molar-refractivity contribution in [1.29, 1.82) is 0 Å². The number of rotatable bonds is 5. The fourth-order valence-corrected chi connectivity index (χ4v) is 5.35. The number of nitrogens with one attached hydrogen (secondary N) is 1. The van der Waals surface area contributed by atoms with E-state index in [2.05, 4.69) is 12.2 Å². The lowest BCUT2D eigenvalue weighted by Gasteiger charge is -2.18. The van der Waals surface area contributed by atoms with Gasteiger partial charge in [-0.25, -0.2) is 4.79 Å². The van der Waals surface area contributed by atoms with Crippen LogP contribution in [0, 0.1) is 5.92 Å². The summed E-state index contributed by atoms with van der Waals surface area (Å²) in [7, 11) is 0. The largest absolute Gasteiger partial charge is 0.459 e. The van der Waals surface area contributed by atoms with E-state index in [1.54, 1.807) is 0 Å². The van der Waals surface area contributed by atoms with Crippen molar-refractivity contribution in [1.82, 2.24) is 0 Å². The number of ether oxygens (including phenoxy) is 1. The number of thiophene rings is 1. The molecule has 0 radical (unpaired) electrons. The summed E-state index contributed by atoms with van der Waals surface area (Å²) >= 11 is 1.52. The summed E-state index contributed by atoms with van der Waals surface area (Å²) in [6, 6.07) is 10.0. The minimum absolute atomic E-state index is 0.152. The number of fused-ring (bicyclic) bond motifs is 2. The SMILES string of the molecule is CC(C)OC(=O)c1c(NC(=O)C[n+]2ccc3ccccc3c2)sc2c1CC[C@@H](C)C2. The van der Waals surface area contributed by atoms with E-state index in [-0.39, 0.29) is 24.5 Å². The summed E-state index contributed by atoms with van der Waals surface area (Å²) in [5, 5.41) is 5.82. The number of anilines is 1. The molecule has 0 saturated heterocycles. The second-order valence-electron chi connectivity index (χ2n) is 8.30. The second kappa shape index (κ2) is 8.56. The molecule has 2 aromatic heterocycles. The Kier molecular flexibility index (Phi) is 5.86. The van der Waals surface area contributed by atoms with E-state index in [1.807, 2.05) is 61.1 Å². The molecule has 30 heavy (non-hydrogen) atoms. The van der Waals surface area contributed by atoms with Gasteiger partial charge in [-0.3, -0.25) is 4.79 Å². The van der Waals surface area contributed by atoms with Crippen LogP contribution in [0.25, 0.3) is 10.8 Å². The van der Waals surface area contributed by atoms with E-state index in [0.29, 0.717) is 16.5 Å². The number of pyridine rings is 1.